The van der Waals surface area contributed by atoms with Crippen molar-refractivity contribution in [3.63, 3.8) is 0 Å². The van der Waals surface area contributed by atoms with Gasteiger partial charge in [-0.3, -0.25) is 9.59 Å². The SMILES string of the molecule is CCOC(=O)[C@H]1C[C@H]1CN(CCc1ccccc1)C(=O)Cc1c[nH]c2ccccc12. The Bertz CT molecular complexity index is 1010. The van der Waals surface area contributed by atoms with Gasteiger partial charge in [0.05, 0.1) is 18.9 Å². The molecular formula is C25H28N2O3. The maximum Gasteiger partial charge on any atom is 0.309 e. The fourth-order valence-corrected chi connectivity index (χ4v) is 4.05. The van der Waals surface area contributed by atoms with Crippen LogP contribution in [-0.2, 0) is 27.2 Å². The van der Waals surface area contributed by atoms with E-state index in [4.69, 9.17) is 4.74 Å². The maximum absolute atomic E-state index is 13.2. The number of benzene rings is 2. The zero-order valence-corrected chi connectivity index (χ0v) is 17.3. The van der Waals surface area contributed by atoms with Crippen LogP contribution in [0.15, 0.2) is 60.8 Å². The smallest absolute Gasteiger partial charge is 0.309 e. The highest BCUT2D eigenvalue weighted by Gasteiger charge is 2.45. The van der Waals surface area contributed by atoms with E-state index in [1.165, 1.54) is 5.56 Å². The Morgan fingerprint density at radius 3 is 2.67 bits per heavy atom. The monoisotopic (exact) mass is 404 g/mol. The molecule has 0 bridgehead atoms. The summed E-state index contributed by atoms with van der Waals surface area (Å²) in [6, 6.07) is 18.2. The third-order valence-electron chi connectivity index (χ3n) is 5.85. The van der Waals surface area contributed by atoms with Crippen LogP contribution in [0.25, 0.3) is 10.9 Å². The number of nitrogens with one attached hydrogen (secondary N) is 1. The van der Waals surface area contributed by atoms with Gasteiger partial charge in [0.25, 0.3) is 0 Å². The van der Waals surface area contributed by atoms with Gasteiger partial charge in [-0.15, -0.1) is 0 Å². The van der Waals surface area contributed by atoms with E-state index in [1.54, 1.807) is 0 Å². The van der Waals surface area contributed by atoms with Crippen LogP contribution in [0.5, 0.6) is 0 Å². The topological polar surface area (TPSA) is 62.4 Å². The van der Waals surface area contributed by atoms with Crippen LogP contribution < -0.4 is 0 Å². The number of esters is 1. The van der Waals surface area contributed by atoms with Crippen LogP contribution in [-0.4, -0.2) is 41.5 Å². The molecule has 0 spiro atoms. The van der Waals surface area contributed by atoms with Crippen LogP contribution in [0.3, 0.4) is 0 Å². The van der Waals surface area contributed by atoms with E-state index >= 15 is 0 Å². The highest BCUT2D eigenvalue weighted by atomic mass is 16.5. The molecule has 1 aromatic heterocycles. The number of amides is 1. The van der Waals surface area contributed by atoms with Crippen molar-refractivity contribution in [1.29, 1.82) is 0 Å². The summed E-state index contributed by atoms with van der Waals surface area (Å²) < 4.78 is 5.15. The molecule has 4 rings (SSSR count). The lowest BCUT2D eigenvalue weighted by Gasteiger charge is -2.23. The number of carbonyl (C=O) groups excluding carboxylic acids is 2. The van der Waals surface area contributed by atoms with Crippen molar-refractivity contribution in [3.05, 3.63) is 71.9 Å². The third-order valence-corrected chi connectivity index (χ3v) is 5.85. The van der Waals surface area contributed by atoms with Gasteiger partial charge >= 0.3 is 5.97 Å². The molecule has 30 heavy (non-hydrogen) atoms. The minimum Gasteiger partial charge on any atom is -0.466 e. The molecule has 1 fully saturated rings. The highest BCUT2D eigenvalue weighted by Crippen LogP contribution is 2.40. The van der Waals surface area contributed by atoms with Crippen molar-refractivity contribution in [3.8, 4) is 0 Å². The van der Waals surface area contributed by atoms with E-state index in [0.29, 0.717) is 26.1 Å². The van der Waals surface area contributed by atoms with Crippen molar-refractivity contribution in [2.45, 2.75) is 26.2 Å². The summed E-state index contributed by atoms with van der Waals surface area (Å²) >= 11 is 0. The summed E-state index contributed by atoms with van der Waals surface area (Å²) in [6.07, 6.45) is 3.89. The number of hydrogen-bond donors (Lipinski definition) is 1. The largest absolute Gasteiger partial charge is 0.466 e. The van der Waals surface area contributed by atoms with Crippen LogP contribution in [0.2, 0.25) is 0 Å². The molecular weight excluding hydrogens is 376 g/mol. The summed E-state index contributed by atoms with van der Waals surface area (Å²) in [5.41, 5.74) is 3.26. The Morgan fingerprint density at radius 2 is 1.87 bits per heavy atom. The number of H-pyrrole nitrogens is 1. The van der Waals surface area contributed by atoms with Crippen molar-refractivity contribution >= 4 is 22.8 Å². The average Bonchev–Trinajstić information content (AvgIpc) is 3.44. The van der Waals surface area contributed by atoms with Crippen LogP contribution in [0.4, 0.5) is 0 Å². The van der Waals surface area contributed by atoms with Gasteiger partial charge in [-0.25, -0.2) is 0 Å². The summed E-state index contributed by atoms with van der Waals surface area (Å²) in [7, 11) is 0. The molecule has 1 amide bonds. The Kier molecular flexibility index (Phi) is 6.17. The number of ether oxygens (including phenoxy) is 1. The predicted octanol–water partition coefficient (Wildman–Crippen LogP) is 3.98. The second kappa shape index (κ2) is 9.16. The Labute approximate surface area is 177 Å². The normalized spacial score (nSPS) is 17.6. The molecule has 0 unspecified atom stereocenters. The van der Waals surface area contributed by atoms with E-state index in [-0.39, 0.29) is 23.7 Å². The summed E-state index contributed by atoms with van der Waals surface area (Å²) in [5.74, 6) is 0.108. The second-order valence-corrected chi connectivity index (χ2v) is 7.97. The molecule has 2 aromatic carbocycles. The maximum atomic E-state index is 13.2. The van der Waals surface area contributed by atoms with Crippen LogP contribution in [0, 0.1) is 11.8 Å². The molecule has 1 heterocycles. The zero-order valence-electron chi connectivity index (χ0n) is 17.3. The quantitative estimate of drug-likeness (QED) is 0.549. The lowest BCUT2D eigenvalue weighted by molar-refractivity contribution is -0.145. The van der Waals surface area contributed by atoms with Gasteiger partial charge in [0.15, 0.2) is 0 Å². The minimum absolute atomic E-state index is 0.0648. The first-order valence-electron chi connectivity index (χ1n) is 10.7. The van der Waals surface area contributed by atoms with Crippen molar-refractivity contribution in [1.82, 2.24) is 9.88 Å². The van der Waals surface area contributed by atoms with Gasteiger partial charge in [-0.1, -0.05) is 48.5 Å². The van der Waals surface area contributed by atoms with E-state index in [1.807, 2.05) is 60.5 Å². The number of aromatic nitrogens is 1. The fourth-order valence-electron chi connectivity index (χ4n) is 4.05. The van der Waals surface area contributed by atoms with E-state index in [0.717, 1.165) is 29.3 Å². The van der Waals surface area contributed by atoms with E-state index in [2.05, 4.69) is 17.1 Å². The molecule has 5 nitrogen and oxygen atoms in total. The summed E-state index contributed by atoms with van der Waals surface area (Å²) in [4.78, 5) is 30.4. The first-order valence-corrected chi connectivity index (χ1v) is 10.7. The number of fused-ring (bicyclic) bond motifs is 1. The van der Waals surface area contributed by atoms with Crippen LogP contribution >= 0.6 is 0 Å². The Hall–Kier alpha value is -3.08. The minimum atomic E-state index is -0.130. The van der Waals surface area contributed by atoms with E-state index < -0.39 is 0 Å². The van der Waals surface area contributed by atoms with Gasteiger partial charge in [0, 0.05) is 30.2 Å². The molecule has 5 heteroatoms. The molecule has 0 radical (unpaired) electrons. The van der Waals surface area contributed by atoms with Crippen molar-refractivity contribution < 1.29 is 14.3 Å². The molecule has 1 aliphatic carbocycles. The molecule has 0 saturated heterocycles. The van der Waals surface area contributed by atoms with Gasteiger partial charge in [0.2, 0.25) is 5.91 Å². The summed E-state index contributed by atoms with van der Waals surface area (Å²) in [6.45, 7) is 3.49. The standard InChI is InChI=1S/C25H28N2O3/c1-2-30-25(29)22-14-20(22)17-27(13-12-18-8-4-3-5-9-18)24(28)15-19-16-26-23-11-7-6-10-21(19)23/h3-11,16,20,22,26H,2,12-15,17H2,1H3/t20-,22-/m0/s1. The third kappa shape index (κ3) is 4.73. The van der Waals surface area contributed by atoms with Gasteiger partial charge in [-0.05, 0) is 42.9 Å². The lowest BCUT2D eigenvalue weighted by Crippen LogP contribution is -2.36. The Morgan fingerprint density at radius 1 is 1.10 bits per heavy atom. The van der Waals surface area contributed by atoms with Crippen molar-refractivity contribution in [2.24, 2.45) is 11.8 Å². The first kappa shape index (κ1) is 20.2. The van der Waals surface area contributed by atoms with Gasteiger partial charge < -0.3 is 14.6 Å². The fraction of sp³-hybridized carbons (Fsp3) is 0.360. The molecule has 156 valence electrons. The first-order chi connectivity index (χ1) is 14.7. The number of nitrogens with zero attached hydrogens (tertiary/aromatic N) is 1. The molecule has 1 aliphatic rings. The van der Waals surface area contributed by atoms with Gasteiger partial charge in [0.1, 0.15) is 0 Å². The summed E-state index contributed by atoms with van der Waals surface area (Å²) in [5, 5.41) is 1.09. The second-order valence-electron chi connectivity index (χ2n) is 7.97. The number of carbonyl (C=O) groups is 2. The van der Waals surface area contributed by atoms with Crippen molar-refractivity contribution in [2.75, 3.05) is 19.7 Å². The number of hydrogen-bond acceptors (Lipinski definition) is 3. The molecule has 1 N–H and O–H groups in total. The van der Waals surface area contributed by atoms with Gasteiger partial charge in [-0.2, -0.15) is 0 Å². The molecule has 3 aromatic rings. The van der Waals surface area contributed by atoms with Crippen LogP contribution in [0.1, 0.15) is 24.5 Å². The molecule has 1 saturated carbocycles. The molecule has 0 aliphatic heterocycles. The average molecular weight is 405 g/mol. The number of aromatic amines is 1. The van der Waals surface area contributed by atoms with E-state index in [9.17, 15) is 9.59 Å². The highest BCUT2D eigenvalue weighted by molar-refractivity contribution is 5.89. The molecule has 2 atom stereocenters. The Balaban J connectivity index is 1.44. The number of para-hydroxylation sites is 1. The lowest BCUT2D eigenvalue weighted by atomic mass is 10.1. The number of rotatable bonds is 9. The zero-order chi connectivity index (χ0) is 20.9. The predicted molar refractivity (Wildman–Crippen MR) is 117 cm³/mol.